The third-order valence-electron chi connectivity index (χ3n) is 4.44. The van der Waals surface area contributed by atoms with Gasteiger partial charge in [-0.2, -0.15) is 0 Å². The minimum Gasteiger partial charge on any atom is -0.412 e. The van der Waals surface area contributed by atoms with Crippen molar-refractivity contribution in [2.75, 3.05) is 18.4 Å². The highest BCUT2D eigenvalue weighted by Crippen LogP contribution is 2.23. The van der Waals surface area contributed by atoms with Crippen LogP contribution < -0.4 is 5.32 Å². The van der Waals surface area contributed by atoms with Crippen LogP contribution in [0.3, 0.4) is 0 Å². The molecule has 1 atom stereocenters. The number of para-hydroxylation sites is 1. The van der Waals surface area contributed by atoms with Gasteiger partial charge in [0.2, 0.25) is 5.91 Å². The number of anilines is 1. The Kier molecular flexibility index (Phi) is 10.1. The minimum absolute atomic E-state index is 0. The highest BCUT2D eigenvalue weighted by Gasteiger charge is 2.28. The summed E-state index contributed by atoms with van der Waals surface area (Å²) in [6.45, 7) is 8.42. The number of benzene rings is 1. The van der Waals surface area contributed by atoms with Gasteiger partial charge in [-0.15, -0.1) is 12.4 Å². The van der Waals surface area contributed by atoms with E-state index in [1.54, 1.807) is 0 Å². The SMILES string of the molecule is CCCCN1CCCC[C@@H]1C(=O)Nc1c(C)cccc1C.Cl.O. The third kappa shape index (κ3) is 5.79. The first kappa shape index (κ1) is 21.9. The molecule has 132 valence electrons. The van der Waals surface area contributed by atoms with E-state index >= 15 is 0 Å². The molecule has 1 aromatic rings. The Balaban J connectivity index is 0.00000242. The lowest BCUT2D eigenvalue weighted by molar-refractivity contribution is -0.122. The lowest BCUT2D eigenvalue weighted by Gasteiger charge is -2.34. The average molecular weight is 343 g/mol. The van der Waals surface area contributed by atoms with E-state index in [2.05, 4.69) is 43.1 Å². The quantitative estimate of drug-likeness (QED) is 0.890. The zero-order valence-corrected chi connectivity index (χ0v) is 15.3. The first-order valence-electron chi connectivity index (χ1n) is 8.24. The lowest BCUT2D eigenvalue weighted by atomic mass is 10.00. The second kappa shape index (κ2) is 10.6. The van der Waals surface area contributed by atoms with E-state index in [-0.39, 0.29) is 29.8 Å². The highest BCUT2D eigenvalue weighted by molar-refractivity contribution is 5.96. The van der Waals surface area contributed by atoms with Gasteiger partial charge in [0, 0.05) is 5.69 Å². The maximum atomic E-state index is 12.7. The van der Waals surface area contributed by atoms with Gasteiger partial charge >= 0.3 is 0 Å². The maximum absolute atomic E-state index is 12.7. The highest BCUT2D eigenvalue weighted by atomic mass is 35.5. The van der Waals surface area contributed by atoms with Crippen LogP contribution in [-0.4, -0.2) is 35.4 Å². The number of likely N-dealkylation sites (tertiary alicyclic amines) is 1. The van der Waals surface area contributed by atoms with Gasteiger partial charge in [-0.3, -0.25) is 9.69 Å². The summed E-state index contributed by atoms with van der Waals surface area (Å²) >= 11 is 0. The average Bonchev–Trinajstić information content (AvgIpc) is 2.49. The Bertz CT molecular complexity index is 474. The van der Waals surface area contributed by atoms with Crippen molar-refractivity contribution in [2.24, 2.45) is 0 Å². The van der Waals surface area contributed by atoms with Crippen molar-refractivity contribution in [2.45, 2.75) is 58.9 Å². The molecular weight excluding hydrogens is 312 g/mol. The first-order chi connectivity index (χ1) is 10.1. The number of amides is 1. The number of rotatable bonds is 5. The first-order valence-corrected chi connectivity index (χ1v) is 8.24. The second-order valence-corrected chi connectivity index (χ2v) is 6.16. The van der Waals surface area contributed by atoms with Crippen LogP contribution in [0.5, 0.6) is 0 Å². The molecule has 2 rings (SSSR count). The molecule has 1 aliphatic rings. The van der Waals surface area contributed by atoms with Crippen molar-refractivity contribution in [1.29, 1.82) is 0 Å². The topological polar surface area (TPSA) is 63.8 Å². The molecule has 0 aromatic heterocycles. The van der Waals surface area contributed by atoms with Crippen molar-refractivity contribution in [1.82, 2.24) is 4.90 Å². The summed E-state index contributed by atoms with van der Waals surface area (Å²) < 4.78 is 0. The van der Waals surface area contributed by atoms with E-state index in [1.807, 2.05) is 6.07 Å². The van der Waals surface area contributed by atoms with E-state index < -0.39 is 0 Å². The van der Waals surface area contributed by atoms with Crippen molar-refractivity contribution in [3.05, 3.63) is 29.3 Å². The van der Waals surface area contributed by atoms with Gasteiger partial charge in [-0.25, -0.2) is 0 Å². The molecule has 0 spiro atoms. The van der Waals surface area contributed by atoms with Crippen molar-refractivity contribution in [3.63, 3.8) is 0 Å². The lowest BCUT2D eigenvalue weighted by Crippen LogP contribution is -2.47. The predicted molar refractivity (Wildman–Crippen MR) is 99.5 cm³/mol. The molecule has 0 unspecified atom stereocenters. The third-order valence-corrected chi connectivity index (χ3v) is 4.44. The molecule has 1 aromatic carbocycles. The molecule has 4 nitrogen and oxygen atoms in total. The van der Waals surface area contributed by atoms with Gasteiger partial charge in [-0.1, -0.05) is 38.0 Å². The summed E-state index contributed by atoms with van der Waals surface area (Å²) in [6, 6.07) is 6.19. The van der Waals surface area contributed by atoms with Crippen LogP contribution in [0.4, 0.5) is 5.69 Å². The monoisotopic (exact) mass is 342 g/mol. The van der Waals surface area contributed by atoms with Crippen LogP contribution in [0.25, 0.3) is 0 Å². The summed E-state index contributed by atoms with van der Waals surface area (Å²) in [6.07, 6.45) is 5.72. The molecule has 23 heavy (non-hydrogen) atoms. The van der Waals surface area contributed by atoms with Gasteiger partial charge in [0.25, 0.3) is 0 Å². The maximum Gasteiger partial charge on any atom is 0.241 e. The number of halogens is 1. The van der Waals surface area contributed by atoms with Crippen LogP contribution in [-0.2, 0) is 4.79 Å². The van der Waals surface area contributed by atoms with E-state index in [0.29, 0.717) is 0 Å². The molecule has 1 amide bonds. The van der Waals surface area contributed by atoms with Crippen LogP contribution in [0.2, 0.25) is 0 Å². The molecule has 0 radical (unpaired) electrons. The number of nitrogens with zero attached hydrogens (tertiary/aromatic N) is 1. The van der Waals surface area contributed by atoms with Crippen molar-refractivity contribution in [3.8, 4) is 0 Å². The zero-order valence-electron chi connectivity index (χ0n) is 14.5. The Morgan fingerprint density at radius 1 is 1.26 bits per heavy atom. The standard InChI is InChI=1S/C18H28N2O.ClH.H2O/c1-4-5-12-20-13-7-6-11-16(20)18(21)19-17-14(2)9-8-10-15(17)3;;/h8-10,16H,4-7,11-13H2,1-3H3,(H,19,21);1H;1H2/t16-;;/m1../s1. The number of hydrogen-bond donors (Lipinski definition) is 1. The van der Waals surface area contributed by atoms with Gasteiger partial charge in [0.05, 0.1) is 6.04 Å². The molecule has 0 saturated carbocycles. The largest absolute Gasteiger partial charge is 0.412 e. The molecular formula is C18H31ClN2O2. The summed E-state index contributed by atoms with van der Waals surface area (Å²) in [5.74, 6) is 0.170. The van der Waals surface area contributed by atoms with Crippen LogP contribution in [0, 0.1) is 13.8 Å². The Morgan fingerprint density at radius 3 is 2.52 bits per heavy atom. The summed E-state index contributed by atoms with van der Waals surface area (Å²) in [4.78, 5) is 15.1. The molecule has 0 bridgehead atoms. The van der Waals surface area contributed by atoms with Crippen molar-refractivity contribution >= 4 is 24.0 Å². The van der Waals surface area contributed by atoms with Gasteiger partial charge < -0.3 is 10.8 Å². The number of carbonyl (C=O) groups excluding carboxylic acids is 1. The fraction of sp³-hybridized carbons (Fsp3) is 0.611. The molecule has 1 saturated heterocycles. The van der Waals surface area contributed by atoms with Crippen LogP contribution in [0.15, 0.2) is 18.2 Å². The number of aryl methyl sites for hydroxylation is 2. The van der Waals surface area contributed by atoms with E-state index in [9.17, 15) is 4.79 Å². The Morgan fingerprint density at radius 2 is 1.91 bits per heavy atom. The van der Waals surface area contributed by atoms with Gasteiger partial charge in [0.15, 0.2) is 0 Å². The molecule has 1 aliphatic heterocycles. The molecule has 1 heterocycles. The summed E-state index contributed by atoms with van der Waals surface area (Å²) in [5.41, 5.74) is 3.27. The minimum atomic E-state index is 0. The van der Waals surface area contributed by atoms with Crippen LogP contribution in [0.1, 0.15) is 50.2 Å². The van der Waals surface area contributed by atoms with E-state index in [4.69, 9.17) is 0 Å². The fourth-order valence-corrected chi connectivity index (χ4v) is 3.13. The smallest absolute Gasteiger partial charge is 0.241 e. The Labute approximate surface area is 146 Å². The second-order valence-electron chi connectivity index (χ2n) is 6.16. The summed E-state index contributed by atoms with van der Waals surface area (Å²) in [5, 5.41) is 3.17. The number of carbonyl (C=O) groups is 1. The fourth-order valence-electron chi connectivity index (χ4n) is 3.13. The molecule has 3 N–H and O–H groups in total. The van der Waals surface area contributed by atoms with E-state index in [0.717, 1.165) is 42.7 Å². The molecule has 0 aliphatic carbocycles. The summed E-state index contributed by atoms with van der Waals surface area (Å²) in [7, 11) is 0. The molecule has 5 heteroatoms. The number of piperidine rings is 1. The Hall–Kier alpha value is -1.10. The number of hydrogen-bond acceptors (Lipinski definition) is 2. The van der Waals surface area contributed by atoms with E-state index in [1.165, 1.54) is 19.3 Å². The zero-order chi connectivity index (χ0) is 15.2. The van der Waals surface area contributed by atoms with Gasteiger partial charge in [0.1, 0.15) is 0 Å². The predicted octanol–water partition coefficient (Wildman–Crippen LogP) is 3.49. The van der Waals surface area contributed by atoms with Crippen LogP contribution >= 0.6 is 12.4 Å². The van der Waals surface area contributed by atoms with Gasteiger partial charge in [-0.05, 0) is 57.3 Å². The van der Waals surface area contributed by atoms with Crippen molar-refractivity contribution < 1.29 is 10.3 Å². The number of unbranched alkanes of at least 4 members (excludes halogenated alkanes) is 1. The normalized spacial score (nSPS) is 17.8. The molecule has 1 fully saturated rings. The number of nitrogens with one attached hydrogen (secondary N) is 1.